The van der Waals surface area contributed by atoms with Crippen LogP contribution in [-0.4, -0.2) is 6.26 Å². The van der Waals surface area contributed by atoms with E-state index in [1.165, 1.54) is 17.8 Å². The summed E-state index contributed by atoms with van der Waals surface area (Å²) in [6, 6.07) is 10.4. The Labute approximate surface area is 113 Å². The second-order valence-electron chi connectivity index (χ2n) is 3.62. The van der Waals surface area contributed by atoms with Crippen molar-refractivity contribution in [2.75, 3.05) is 6.26 Å². The van der Waals surface area contributed by atoms with Gasteiger partial charge in [-0.3, -0.25) is 0 Å². The third kappa shape index (κ3) is 2.85. The van der Waals surface area contributed by atoms with E-state index in [0.29, 0.717) is 11.3 Å². The molecule has 0 aliphatic rings. The Balaban J connectivity index is 2.38. The Hall–Kier alpha value is -2.06. The minimum absolute atomic E-state index is 0.147. The van der Waals surface area contributed by atoms with Crippen LogP contribution in [0, 0.1) is 23.0 Å². The van der Waals surface area contributed by atoms with Crippen molar-refractivity contribution in [2.45, 2.75) is 4.90 Å². The molecule has 2 aromatic rings. The summed E-state index contributed by atoms with van der Waals surface area (Å²) in [6.07, 6.45) is 1.84. The lowest BCUT2D eigenvalue weighted by Crippen LogP contribution is -1.92. The largest absolute Gasteiger partial charge is 0.456 e. The van der Waals surface area contributed by atoms with Crippen LogP contribution in [0.15, 0.2) is 41.3 Å². The molecule has 0 bridgehead atoms. The molecule has 0 amide bonds. The molecule has 0 saturated heterocycles. The molecule has 0 spiro atoms. The van der Waals surface area contributed by atoms with E-state index in [4.69, 9.17) is 10.00 Å². The number of halogens is 2. The maximum atomic E-state index is 13.1. The van der Waals surface area contributed by atoms with Gasteiger partial charge in [-0.1, -0.05) is 6.07 Å². The molecule has 0 fully saturated rings. The summed E-state index contributed by atoms with van der Waals surface area (Å²) in [5.74, 6) is -1.46. The number of nitriles is 1. The summed E-state index contributed by atoms with van der Waals surface area (Å²) in [6.45, 7) is 0. The fraction of sp³-hybridized carbons (Fsp3) is 0.0714. The zero-order valence-electron chi connectivity index (χ0n) is 9.98. The van der Waals surface area contributed by atoms with Crippen LogP contribution in [0.3, 0.4) is 0 Å². The van der Waals surface area contributed by atoms with Crippen LogP contribution in [0.5, 0.6) is 11.5 Å². The van der Waals surface area contributed by atoms with Gasteiger partial charge in [-0.15, -0.1) is 11.8 Å². The number of nitrogens with zero attached hydrogens (tertiary/aromatic N) is 1. The number of hydrogen-bond acceptors (Lipinski definition) is 3. The maximum absolute atomic E-state index is 13.1. The fourth-order valence-corrected chi connectivity index (χ4v) is 2.11. The molecule has 19 heavy (non-hydrogen) atoms. The van der Waals surface area contributed by atoms with Gasteiger partial charge in [-0.05, 0) is 30.5 Å². The standard InChI is InChI=1S/C14H9F2NOS/c1-19-14-4-2-3-13(10(14)8-17)18-9-5-6-11(15)12(16)7-9/h2-7H,1H3. The summed E-state index contributed by atoms with van der Waals surface area (Å²) < 4.78 is 31.3. The Morgan fingerprint density at radius 1 is 1.16 bits per heavy atom. The predicted molar refractivity (Wildman–Crippen MR) is 69.4 cm³/mol. The second-order valence-corrected chi connectivity index (χ2v) is 4.47. The Bertz CT molecular complexity index is 652. The molecule has 2 nitrogen and oxygen atoms in total. The first kappa shape index (κ1) is 13.4. The van der Waals surface area contributed by atoms with E-state index in [9.17, 15) is 8.78 Å². The average Bonchev–Trinajstić information content (AvgIpc) is 2.42. The Morgan fingerprint density at radius 2 is 1.95 bits per heavy atom. The van der Waals surface area contributed by atoms with Crippen LogP contribution >= 0.6 is 11.8 Å². The van der Waals surface area contributed by atoms with Crippen LogP contribution in [0.2, 0.25) is 0 Å². The van der Waals surface area contributed by atoms with Crippen LogP contribution in [-0.2, 0) is 0 Å². The van der Waals surface area contributed by atoms with Gasteiger partial charge >= 0.3 is 0 Å². The van der Waals surface area contributed by atoms with Gasteiger partial charge in [0.2, 0.25) is 0 Å². The van der Waals surface area contributed by atoms with Gasteiger partial charge < -0.3 is 4.74 Å². The highest BCUT2D eigenvalue weighted by atomic mass is 32.2. The van der Waals surface area contributed by atoms with E-state index in [-0.39, 0.29) is 5.75 Å². The van der Waals surface area contributed by atoms with Crippen LogP contribution in [0.1, 0.15) is 5.56 Å². The molecule has 0 aliphatic heterocycles. The molecular formula is C14H9F2NOS. The second kappa shape index (κ2) is 5.72. The molecule has 0 saturated carbocycles. The molecule has 0 radical (unpaired) electrons. The molecular weight excluding hydrogens is 268 g/mol. The van der Waals surface area contributed by atoms with E-state index in [2.05, 4.69) is 0 Å². The van der Waals surface area contributed by atoms with Crippen molar-refractivity contribution in [3.8, 4) is 17.6 Å². The minimum Gasteiger partial charge on any atom is -0.456 e. The van der Waals surface area contributed by atoms with Crippen LogP contribution in [0.25, 0.3) is 0 Å². The molecule has 0 aliphatic carbocycles. The predicted octanol–water partition coefficient (Wildman–Crippen LogP) is 4.35. The van der Waals surface area contributed by atoms with E-state index < -0.39 is 11.6 Å². The van der Waals surface area contributed by atoms with Crippen LogP contribution in [0.4, 0.5) is 8.78 Å². The van der Waals surface area contributed by atoms with Gasteiger partial charge in [0.15, 0.2) is 11.6 Å². The Morgan fingerprint density at radius 3 is 2.58 bits per heavy atom. The Kier molecular flexibility index (Phi) is 4.03. The quantitative estimate of drug-likeness (QED) is 0.782. The summed E-state index contributed by atoms with van der Waals surface area (Å²) >= 11 is 1.41. The van der Waals surface area contributed by atoms with Crippen molar-refractivity contribution in [1.82, 2.24) is 0 Å². The van der Waals surface area contributed by atoms with Crippen molar-refractivity contribution in [3.63, 3.8) is 0 Å². The van der Waals surface area contributed by atoms with Crippen molar-refractivity contribution < 1.29 is 13.5 Å². The number of hydrogen-bond donors (Lipinski definition) is 0. The van der Waals surface area contributed by atoms with Gasteiger partial charge in [0.25, 0.3) is 0 Å². The number of ether oxygens (including phenoxy) is 1. The topological polar surface area (TPSA) is 33.0 Å². The summed E-state index contributed by atoms with van der Waals surface area (Å²) in [5, 5.41) is 9.13. The van der Waals surface area contributed by atoms with Crippen molar-refractivity contribution in [3.05, 3.63) is 53.6 Å². The number of thioether (sulfide) groups is 1. The van der Waals surface area contributed by atoms with Crippen molar-refractivity contribution >= 4 is 11.8 Å². The third-order valence-corrected chi connectivity index (χ3v) is 3.22. The average molecular weight is 277 g/mol. The first-order valence-corrected chi connectivity index (χ1v) is 6.58. The molecule has 2 rings (SSSR count). The van der Waals surface area contributed by atoms with Crippen molar-refractivity contribution in [2.24, 2.45) is 0 Å². The molecule has 0 heterocycles. The van der Waals surface area contributed by atoms with E-state index in [1.54, 1.807) is 18.2 Å². The molecule has 0 aromatic heterocycles. The zero-order chi connectivity index (χ0) is 13.8. The number of rotatable bonds is 3. The van der Waals surface area contributed by atoms with Crippen LogP contribution < -0.4 is 4.74 Å². The third-order valence-electron chi connectivity index (χ3n) is 2.44. The smallest absolute Gasteiger partial charge is 0.162 e. The lowest BCUT2D eigenvalue weighted by atomic mass is 10.2. The molecule has 96 valence electrons. The lowest BCUT2D eigenvalue weighted by molar-refractivity contribution is 0.459. The number of benzene rings is 2. The highest BCUT2D eigenvalue weighted by Gasteiger charge is 2.10. The normalized spacial score (nSPS) is 10.0. The van der Waals surface area contributed by atoms with Gasteiger partial charge in [0, 0.05) is 11.0 Å². The minimum atomic E-state index is -0.989. The molecule has 2 aromatic carbocycles. The first-order chi connectivity index (χ1) is 9.15. The zero-order valence-corrected chi connectivity index (χ0v) is 10.8. The highest BCUT2D eigenvalue weighted by molar-refractivity contribution is 7.98. The summed E-state index contributed by atoms with van der Waals surface area (Å²) in [5.41, 5.74) is 0.375. The first-order valence-electron chi connectivity index (χ1n) is 5.35. The summed E-state index contributed by atoms with van der Waals surface area (Å²) in [4.78, 5) is 0.766. The van der Waals surface area contributed by atoms with E-state index in [0.717, 1.165) is 17.0 Å². The van der Waals surface area contributed by atoms with E-state index >= 15 is 0 Å². The van der Waals surface area contributed by atoms with Gasteiger partial charge in [0.05, 0.1) is 0 Å². The molecule has 0 atom stereocenters. The highest BCUT2D eigenvalue weighted by Crippen LogP contribution is 2.31. The maximum Gasteiger partial charge on any atom is 0.162 e. The monoisotopic (exact) mass is 277 g/mol. The SMILES string of the molecule is CSc1cccc(Oc2ccc(F)c(F)c2)c1C#N. The molecule has 5 heteroatoms. The fourth-order valence-electron chi connectivity index (χ4n) is 1.54. The lowest BCUT2D eigenvalue weighted by Gasteiger charge is -2.09. The van der Waals surface area contributed by atoms with Gasteiger partial charge in [-0.2, -0.15) is 5.26 Å². The van der Waals surface area contributed by atoms with E-state index in [1.807, 2.05) is 12.3 Å². The van der Waals surface area contributed by atoms with Gasteiger partial charge in [0.1, 0.15) is 23.1 Å². The van der Waals surface area contributed by atoms with Crippen molar-refractivity contribution in [1.29, 1.82) is 5.26 Å². The summed E-state index contributed by atoms with van der Waals surface area (Å²) in [7, 11) is 0. The molecule has 0 N–H and O–H groups in total. The van der Waals surface area contributed by atoms with Gasteiger partial charge in [-0.25, -0.2) is 8.78 Å². The molecule has 0 unspecified atom stereocenters.